The lowest BCUT2D eigenvalue weighted by Crippen LogP contribution is -2.31. The molecule has 1 aliphatic rings. The number of nitrogens with zero attached hydrogens (tertiary/aromatic N) is 4. The van der Waals surface area contributed by atoms with Crippen LogP contribution in [0.5, 0.6) is 0 Å². The smallest absolute Gasteiger partial charge is 0.251 e. The molecule has 1 aromatic carbocycles. The minimum atomic E-state index is -0.0650. The normalized spacial score (nSPS) is 15.0. The largest absolute Gasteiger partial charge is 0.342 e. The molecule has 1 amide bonds. The molecular formula is C20H23N5O. The Morgan fingerprint density at radius 3 is 2.50 bits per heavy atom. The van der Waals surface area contributed by atoms with Gasteiger partial charge in [-0.05, 0) is 62.9 Å². The van der Waals surface area contributed by atoms with Crippen LogP contribution in [0.1, 0.15) is 46.5 Å². The molecule has 3 aromatic rings. The summed E-state index contributed by atoms with van der Waals surface area (Å²) in [6.45, 7) is 3.99. The first-order chi connectivity index (χ1) is 12.5. The van der Waals surface area contributed by atoms with Crippen LogP contribution < -0.4 is 5.32 Å². The standard InChI is InChI=1S/C20H23N5O/c1-13-12-14(2)25(23-13)17-8-6-16(7-9-17)20(26)22-18(15-4-5-15)19-21-10-11-24(19)3/h6-12,15,18H,4-5H2,1-3H3,(H,22,26). The number of aromatic nitrogens is 4. The first-order valence-electron chi connectivity index (χ1n) is 8.95. The minimum Gasteiger partial charge on any atom is -0.342 e. The van der Waals surface area contributed by atoms with E-state index in [4.69, 9.17) is 0 Å². The highest BCUT2D eigenvalue weighted by molar-refractivity contribution is 5.94. The topological polar surface area (TPSA) is 64.7 Å². The third-order valence-electron chi connectivity index (χ3n) is 4.90. The maximum atomic E-state index is 12.7. The molecule has 0 radical (unpaired) electrons. The molecule has 0 aliphatic heterocycles. The molecule has 6 nitrogen and oxygen atoms in total. The van der Waals surface area contributed by atoms with E-state index in [1.54, 1.807) is 6.20 Å². The molecule has 4 rings (SSSR count). The monoisotopic (exact) mass is 349 g/mol. The Morgan fingerprint density at radius 1 is 1.23 bits per heavy atom. The van der Waals surface area contributed by atoms with Gasteiger partial charge in [0.1, 0.15) is 5.82 Å². The third-order valence-corrected chi connectivity index (χ3v) is 4.90. The first-order valence-corrected chi connectivity index (χ1v) is 8.95. The van der Waals surface area contributed by atoms with E-state index in [0.717, 1.165) is 35.7 Å². The number of hydrogen-bond donors (Lipinski definition) is 1. The number of carbonyl (C=O) groups excluding carboxylic acids is 1. The number of benzene rings is 1. The van der Waals surface area contributed by atoms with Crippen LogP contribution in [0, 0.1) is 19.8 Å². The van der Waals surface area contributed by atoms with Crippen molar-refractivity contribution in [1.82, 2.24) is 24.6 Å². The Labute approximate surface area is 152 Å². The van der Waals surface area contributed by atoms with Crippen molar-refractivity contribution in [3.8, 4) is 5.69 Å². The summed E-state index contributed by atoms with van der Waals surface area (Å²) < 4.78 is 3.87. The highest BCUT2D eigenvalue weighted by atomic mass is 16.1. The second-order valence-electron chi connectivity index (χ2n) is 7.07. The Hall–Kier alpha value is -2.89. The molecule has 2 heterocycles. The third kappa shape index (κ3) is 3.14. The van der Waals surface area contributed by atoms with Crippen molar-refractivity contribution in [2.45, 2.75) is 32.7 Å². The van der Waals surface area contributed by atoms with E-state index in [9.17, 15) is 4.79 Å². The molecule has 1 N–H and O–H groups in total. The van der Waals surface area contributed by atoms with Crippen LogP contribution in [0.2, 0.25) is 0 Å². The summed E-state index contributed by atoms with van der Waals surface area (Å²) in [5, 5.41) is 7.65. The van der Waals surface area contributed by atoms with Crippen LogP contribution in [-0.4, -0.2) is 25.2 Å². The summed E-state index contributed by atoms with van der Waals surface area (Å²) in [6.07, 6.45) is 5.96. The van der Waals surface area contributed by atoms with Gasteiger partial charge in [-0.25, -0.2) is 9.67 Å². The molecule has 0 bridgehead atoms. The maximum absolute atomic E-state index is 12.7. The molecule has 26 heavy (non-hydrogen) atoms. The lowest BCUT2D eigenvalue weighted by Gasteiger charge is -2.18. The number of nitrogens with one attached hydrogen (secondary N) is 1. The van der Waals surface area contributed by atoms with Crippen molar-refractivity contribution in [2.24, 2.45) is 13.0 Å². The fourth-order valence-electron chi connectivity index (χ4n) is 3.37. The first kappa shape index (κ1) is 16.6. The quantitative estimate of drug-likeness (QED) is 0.770. The summed E-state index contributed by atoms with van der Waals surface area (Å²) in [5.74, 6) is 1.33. The SMILES string of the molecule is Cc1cc(C)n(-c2ccc(C(=O)NC(c3nccn3C)C3CC3)cc2)n1. The van der Waals surface area contributed by atoms with Crippen LogP contribution in [0.25, 0.3) is 5.69 Å². The fraction of sp³-hybridized carbons (Fsp3) is 0.350. The lowest BCUT2D eigenvalue weighted by atomic mass is 10.1. The van der Waals surface area contributed by atoms with Crippen molar-refractivity contribution in [3.05, 3.63) is 65.5 Å². The molecule has 1 saturated carbocycles. The van der Waals surface area contributed by atoms with Gasteiger partial charge < -0.3 is 9.88 Å². The van der Waals surface area contributed by atoms with Gasteiger partial charge in [-0.15, -0.1) is 0 Å². The number of hydrogen-bond acceptors (Lipinski definition) is 3. The van der Waals surface area contributed by atoms with Gasteiger partial charge in [0.25, 0.3) is 5.91 Å². The molecular weight excluding hydrogens is 326 g/mol. The molecule has 2 aromatic heterocycles. The van der Waals surface area contributed by atoms with Crippen LogP contribution in [0.15, 0.2) is 42.7 Å². The van der Waals surface area contributed by atoms with Crippen LogP contribution >= 0.6 is 0 Å². The van der Waals surface area contributed by atoms with Gasteiger partial charge in [0.05, 0.1) is 17.4 Å². The van der Waals surface area contributed by atoms with Crippen molar-refractivity contribution < 1.29 is 4.79 Å². The summed E-state index contributed by atoms with van der Waals surface area (Å²) in [7, 11) is 1.97. The van der Waals surface area contributed by atoms with E-state index in [2.05, 4.69) is 15.4 Å². The predicted molar refractivity (Wildman–Crippen MR) is 99.2 cm³/mol. The Morgan fingerprint density at radius 2 is 1.96 bits per heavy atom. The van der Waals surface area contributed by atoms with Gasteiger partial charge in [0.15, 0.2) is 0 Å². The number of carbonyl (C=O) groups is 1. The highest BCUT2D eigenvalue weighted by Gasteiger charge is 2.35. The van der Waals surface area contributed by atoms with Gasteiger partial charge >= 0.3 is 0 Å². The zero-order valence-electron chi connectivity index (χ0n) is 15.3. The van der Waals surface area contributed by atoms with E-state index in [1.807, 2.05) is 66.7 Å². The fourth-order valence-corrected chi connectivity index (χ4v) is 3.37. The minimum absolute atomic E-state index is 0.0295. The van der Waals surface area contributed by atoms with E-state index >= 15 is 0 Å². The summed E-state index contributed by atoms with van der Waals surface area (Å²) in [4.78, 5) is 17.2. The molecule has 0 spiro atoms. The van der Waals surface area contributed by atoms with Gasteiger partial charge in [-0.1, -0.05) is 0 Å². The lowest BCUT2D eigenvalue weighted by molar-refractivity contribution is 0.0929. The Kier molecular flexibility index (Phi) is 4.11. The van der Waals surface area contributed by atoms with Crippen molar-refractivity contribution in [2.75, 3.05) is 0 Å². The zero-order valence-corrected chi connectivity index (χ0v) is 15.3. The number of rotatable bonds is 5. The van der Waals surface area contributed by atoms with E-state index in [-0.39, 0.29) is 11.9 Å². The summed E-state index contributed by atoms with van der Waals surface area (Å²) in [5.41, 5.74) is 3.65. The summed E-state index contributed by atoms with van der Waals surface area (Å²) in [6, 6.07) is 9.57. The molecule has 0 saturated heterocycles. The maximum Gasteiger partial charge on any atom is 0.251 e. The van der Waals surface area contributed by atoms with Gasteiger partial charge in [-0.2, -0.15) is 5.10 Å². The predicted octanol–water partition coefficient (Wildman–Crippen LogP) is 3.10. The van der Waals surface area contributed by atoms with Crippen molar-refractivity contribution in [3.63, 3.8) is 0 Å². The van der Waals surface area contributed by atoms with Crippen molar-refractivity contribution >= 4 is 5.91 Å². The number of imidazole rings is 1. The molecule has 134 valence electrons. The summed E-state index contributed by atoms with van der Waals surface area (Å²) >= 11 is 0. The van der Waals surface area contributed by atoms with Gasteiger partial charge in [0, 0.05) is 30.7 Å². The average molecular weight is 349 g/mol. The second kappa shape index (κ2) is 6.44. The average Bonchev–Trinajstić information content (AvgIpc) is 3.30. The van der Waals surface area contributed by atoms with E-state index in [0.29, 0.717) is 11.5 Å². The Balaban J connectivity index is 1.53. The van der Waals surface area contributed by atoms with Crippen LogP contribution in [0.3, 0.4) is 0 Å². The highest BCUT2D eigenvalue weighted by Crippen LogP contribution is 2.40. The molecule has 1 atom stereocenters. The molecule has 1 fully saturated rings. The van der Waals surface area contributed by atoms with Gasteiger partial charge in [0.2, 0.25) is 0 Å². The number of amides is 1. The van der Waals surface area contributed by atoms with E-state index < -0.39 is 0 Å². The molecule has 1 unspecified atom stereocenters. The second-order valence-corrected chi connectivity index (χ2v) is 7.07. The van der Waals surface area contributed by atoms with Crippen LogP contribution in [-0.2, 0) is 7.05 Å². The molecule has 1 aliphatic carbocycles. The Bertz CT molecular complexity index is 934. The van der Waals surface area contributed by atoms with E-state index in [1.165, 1.54) is 0 Å². The van der Waals surface area contributed by atoms with Gasteiger partial charge in [-0.3, -0.25) is 4.79 Å². The molecule has 6 heteroatoms. The zero-order chi connectivity index (χ0) is 18.3. The van der Waals surface area contributed by atoms with Crippen LogP contribution in [0.4, 0.5) is 0 Å². The van der Waals surface area contributed by atoms with Crippen molar-refractivity contribution in [1.29, 1.82) is 0 Å². The number of aryl methyl sites for hydroxylation is 3.